The first kappa shape index (κ1) is 14.0. The highest BCUT2D eigenvalue weighted by Crippen LogP contribution is 2.06. The number of carbonyl (C=O) groups is 1. The molecule has 1 rings (SSSR count). The van der Waals surface area contributed by atoms with Crippen LogP contribution in [0.4, 0.5) is 4.79 Å². The number of amides is 1. The first-order chi connectivity index (χ1) is 8.28. The first-order valence-corrected chi connectivity index (χ1v) is 5.54. The molecule has 0 fully saturated rings. The Morgan fingerprint density at radius 3 is 2.61 bits per heavy atom. The standard InChI is InChI=1S/C12H18N4O2/c1-12(2,3)18-11(17)16-7-9-5-4-8(6-15-9)10(13)14/h4-6H,7H2,1-3H3,(H3,13,14)(H,16,17). The molecule has 6 heteroatoms. The van der Waals surface area contributed by atoms with Crippen molar-refractivity contribution in [2.45, 2.75) is 32.9 Å². The van der Waals surface area contributed by atoms with E-state index in [1.54, 1.807) is 32.9 Å². The van der Waals surface area contributed by atoms with Gasteiger partial charge in [0.25, 0.3) is 0 Å². The fourth-order valence-electron chi connectivity index (χ4n) is 1.17. The Morgan fingerprint density at radius 2 is 2.17 bits per heavy atom. The van der Waals surface area contributed by atoms with Gasteiger partial charge in [0.1, 0.15) is 11.4 Å². The van der Waals surface area contributed by atoms with Crippen LogP contribution in [0.3, 0.4) is 0 Å². The molecule has 1 heterocycles. The fraction of sp³-hybridized carbons (Fsp3) is 0.417. The molecule has 0 unspecified atom stereocenters. The number of nitrogens with one attached hydrogen (secondary N) is 2. The van der Waals surface area contributed by atoms with Crippen LogP contribution in [0.25, 0.3) is 0 Å². The van der Waals surface area contributed by atoms with Gasteiger partial charge in [-0.2, -0.15) is 0 Å². The number of nitrogens with zero attached hydrogens (tertiary/aromatic N) is 1. The van der Waals surface area contributed by atoms with Crippen molar-refractivity contribution in [1.29, 1.82) is 5.41 Å². The van der Waals surface area contributed by atoms with Gasteiger partial charge in [-0.1, -0.05) is 0 Å². The smallest absolute Gasteiger partial charge is 0.407 e. The third-order valence-electron chi connectivity index (χ3n) is 1.95. The predicted molar refractivity (Wildman–Crippen MR) is 68.3 cm³/mol. The molecular weight excluding hydrogens is 232 g/mol. The molecule has 1 aromatic heterocycles. The Morgan fingerprint density at radius 1 is 1.50 bits per heavy atom. The maximum Gasteiger partial charge on any atom is 0.407 e. The van der Waals surface area contributed by atoms with Crippen LogP contribution >= 0.6 is 0 Å². The van der Waals surface area contributed by atoms with E-state index in [4.69, 9.17) is 15.9 Å². The minimum Gasteiger partial charge on any atom is -0.444 e. The average molecular weight is 250 g/mol. The summed E-state index contributed by atoms with van der Waals surface area (Å²) in [7, 11) is 0. The van der Waals surface area contributed by atoms with E-state index in [-0.39, 0.29) is 12.4 Å². The number of pyridine rings is 1. The average Bonchev–Trinajstić information content (AvgIpc) is 2.24. The van der Waals surface area contributed by atoms with Crippen molar-refractivity contribution >= 4 is 11.9 Å². The van der Waals surface area contributed by atoms with Gasteiger partial charge in [-0.3, -0.25) is 10.4 Å². The van der Waals surface area contributed by atoms with Gasteiger partial charge < -0.3 is 15.8 Å². The summed E-state index contributed by atoms with van der Waals surface area (Å²) < 4.78 is 5.09. The highest BCUT2D eigenvalue weighted by Gasteiger charge is 2.15. The van der Waals surface area contributed by atoms with E-state index in [0.717, 1.165) is 0 Å². The van der Waals surface area contributed by atoms with Gasteiger partial charge in [0, 0.05) is 11.8 Å². The highest BCUT2D eigenvalue weighted by molar-refractivity contribution is 5.94. The minimum absolute atomic E-state index is 0.0332. The van der Waals surface area contributed by atoms with Crippen LogP contribution in [0.15, 0.2) is 18.3 Å². The van der Waals surface area contributed by atoms with Crippen LogP contribution in [0.5, 0.6) is 0 Å². The second kappa shape index (κ2) is 5.48. The van der Waals surface area contributed by atoms with Crippen molar-refractivity contribution in [3.63, 3.8) is 0 Å². The fourth-order valence-corrected chi connectivity index (χ4v) is 1.17. The van der Waals surface area contributed by atoms with E-state index >= 15 is 0 Å². The highest BCUT2D eigenvalue weighted by atomic mass is 16.6. The van der Waals surface area contributed by atoms with Crippen LogP contribution in [-0.4, -0.2) is 22.5 Å². The molecule has 0 spiro atoms. The van der Waals surface area contributed by atoms with E-state index in [0.29, 0.717) is 11.3 Å². The lowest BCUT2D eigenvalue weighted by atomic mass is 10.2. The Balaban J connectivity index is 2.49. The summed E-state index contributed by atoms with van der Waals surface area (Å²) in [5, 5.41) is 9.82. The Labute approximate surface area is 106 Å². The third kappa shape index (κ3) is 4.82. The van der Waals surface area contributed by atoms with Crippen LogP contribution < -0.4 is 11.1 Å². The number of nitrogens with two attached hydrogens (primary N) is 1. The van der Waals surface area contributed by atoms with Gasteiger partial charge in [0.2, 0.25) is 0 Å². The zero-order chi connectivity index (χ0) is 13.8. The summed E-state index contributed by atoms with van der Waals surface area (Å²) >= 11 is 0. The van der Waals surface area contributed by atoms with Crippen molar-refractivity contribution in [3.8, 4) is 0 Å². The molecule has 4 N–H and O–H groups in total. The number of hydrogen-bond donors (Lipinski definition) is 3. The second-order valence-electron chi connectivity index (χ2n) is 4.81. The summed E-state index contributed by atoms with van der Waals surface area (Å²) in [6, 6.07) is 3.38. The maximum atomic E-state index is 11.4. The molecule has 0 bridgehead atoms. The molecule has 0 radical (unpaired) electrons. The van der Waals surface area contributed by atoms with Crippen LogP contribution in [0.2, 0.25) is 0 Å². The number of carbonyl (C=O) groups excluding carboxylic acids is 1. The van der Waals surface area contributed by atoms with Crippen molar-refractivity contribution < 1.29 is 9.53 Å². The molecule has 6 nitrogen and oxygen atoms in total. The Kier molecular flexibility index (Phi) is 4.25. The molecule has 0 aliphatic carbocycles. The molecule has 1 amide bonds. The van der Waals surface area contributed by atoms with Crippen LogP contribution in [-0.2, 0) is 11.3 Å². The van der Waals surface area contributed by atoms with Crippen molar-refractivity contribution in [2.24, 2.45) is 5.73 Å². The van der Waals surface area contributed by atoms with Gasteiger partial charge in [0.05, 0.1) is 12.2 Å². The molecule has 98 valence electrons. The lowest BCUT2D eigenvalue weighted by molar-refractivity contribution is 0.0523. The van der Waals surface area contributed by atoms with E-state index in [2.05, 4.69) is 10.3 Å². The molecule has 0 atom stereocenters. The number of nitrogen functional groups attached to an aromatic ring is 1. The lowest BCUT2D eigenvalue weighted by Crippen LogP contribution is -2.32. The Hall–Kier alpha value is -2.11. The molecule has 0 aliphatic rings. The summed E-state index contributed by atoms with van der Waals surface area (Å²) in [5.74, 6) is -0.0332. The van der Waals surface area contributed by atoms with E-state index < -0.39 is 11.7 Å². The van der Waals surface area contributed by atoms with Gasteiger partial charge in [-0.15, -0.1) is 0 Å². The van der Waals surface area contributed by atoms with Crippen LogP contribution in [0, 0.1) is 5.41 Å². The number of rotatable bonds is 3. The normalized spacial score (nSPS) is 10.8. The predicted octanol–water partition coefficient (Wildman–Crippen LogP) is 1.39. The molecule has 1 aromatic rings. The minimum atomic E-state index is -0.518. The summed E-state index contributed by atoms with van der Waals surface area (Å²) in [6.45, 7) is 5.67. The summed E-state index contributed by atoms with van der Waals surface area (Å²) in [4.78, 5) is 15.5. The van der Waals surface area contributed by atoms with Gasteiger partial charge in [0.15, 0.2) is 0 Å². The second-order valence-corrected chi connectivity index (χ2v) is 4.81. The monoisotopic (exact) mass is 250 g/mol. The molecule has 0 aliphatic heterocycles. The largest absolute Gasteiger partial charge is 0.444 e. The molecule has 18 heavy (non-hydrogen) atoms. The van der Waals surface area contributed by atoms with Gasteiger partial charge >= 0.3 is 6.09 Å². The zero-order valence-corrected chi connectivity index (χ0v) is 10.8. The van der Waals surface area contributed by atoms with Crippen LogP contribution in [0.1, 0.15) is 32.0 Å². The molecular formula is C12H18N4O2. The maximum absolute atomic E-state index is 11.4. The lowest BCUT2D eigenvalue weighted by Gasteiger charge is -2.19. The first-order valence-electron chi connectivity index (χ1n) is 5.54. The number of ether oxygens (including phenoxy) is 1. The summed E-state index contributed by atoms with van der Waals surface area (Å²) in [6.07, 6.45) is 1.01. The molecule has 0 saturated carbocycles. The summed E-state index contributed by atoms with van der Waals surface area (Å²) in [5.41, 5.74) is 6.02. The molecule has 0 saturated heterocycles. The number of hydrogen-bond acceptors (Lipinski definition) is 4. The van der Waals surface area contributed by atoms with Gasteiger partial charge in [-0.25, -0.2) is 4.79 Å². The SMILES string of the molecule is CC(C)(C)OC(=O)NCc1ccc(C(=N)N)cn1. The van der Waals surface area contributed by atoms with Crippen molar-refractivity contribution in [3.05, 3.63) is 29.6 Å². The van der Waals surface area contributed by atoms with E-state index in [9.17, 15) is 4.79 Å². The molecule has 0 aromatic carbocycles. The number of amidine groups is 1. The van der Waals surface area contributed by atoms with Gasteiger partial charge in [-0.05, 0) is 32.9 Å². The number of aromatic nitrogens is 1. The Bertz CT molecular complexity index is 434. The zero-order valence-electron chi connectivity index (χ0n) is 10.8. The quantitative estimate of drug-likeness (QED) is 0.557. The van der Waals surface area contributed by atoms with E-state index in [1.165, 1.54) is 6.20 Å². The van der Waals surface area contributed by atoms with Crippen molar-refractivity contribution in [1.82, 2.24) is 10.3 Å². The third-order valence-corrected chi connectivity index (χ3v) is 1.95. The van der Waals surface area contributed by atoms with Crippen molar-refractivity contribution in [2.75, 3.05) is 0 Å². The topological polar surface area (TPSA) is 101 Å². The van der Waals surface area contributed by atoms with E-state index in [1.807, 2.05) is 0 Å². The number of alkyl carbamates (subject to hydrolysis) is 1.